The van der Waals surface area contributed by atoms with Crippen molar-refractivity contribution in [2.75, 3.05) is 6.54 Å². The predicted octanol–water partition coefficient (Wildman–Crippen LogP) is 2.38. The van der Waals surface area contributed by atoms with Gasteiger partial charge < -0.3 is 20.8 Å². The summed E-state index contributed by atoms with van der Waals surface area (Å²) in [5, 5.41) is 24.4. The summed E-state index contributed by atoms with van der Waals surface area (Å²) in [7, 11) is 0. The van der Waals surface area contributed by atoms with Gasteiger partial charge in [0.25, 0.3) is 0 Å². The zero-order chi connectivity index (χ0) is 17.7. The maximum absolute atomic E-state index is 13.2. The molecule has 2 amide bonds. The fourth-order valence-corrected chi connectivity index (χ4v) is 2.07. The fraction of sp³-hybridized carbons (Fsp3) is 0.235. The Balaban J connectivity index is 1.85. The number of urea groups is 1. The van der Waals surface area contributed by atoms with Crippen LogP contribution in [0.3, 0.4) is 0 Å². The average molecular weight is 336 g/mol. The molecule has 1 atom stereocenters. The van der Waals surface area contributed by atoms with E-state index in [0.717, 1.165) is 6.07 Å². The first-order valence-corrected chi connectivity index (χ1v) is 7.25. The Bertz CT molecular complexity index is 718. The highest BCUT2D eigenvalue weighted by Crippen LogP contribution is 2.20. The summed E-state index contributed by atoms with van der Waals surface area (Å²) in [5.74, 6) is -1.64. The number of phenols is 1. The molecule has 24 heavy (non-hydrogen) atoms. The second-order valence-electron chi connectivity index (χ2n) is 5.60. The Morgan fingerprint density at radius 3 is 2.42 bits per heavy atom. The minimum atomic E-state index is -1.37. The molecule has 0 aromatic heterocycles. The third-order valence-electron chi connectivity index (χ3n) is 3.52. The van der Waals surface area contributed by atoms with Crippen LogP contribution in [0, 0.1) is 11.6 Å². The number of aromatic hydroxyl groups is 1. The summed E-state index contributed by atoms with van der Waals surface area (Å²) in [4.78, 5) is 11.8. The van der Waals surface area contributed by atoms with Gasteiger partial charge in [-0.15, -0.1) is 0 Å². The molecule has 0 aliphatic carbocycles. The zero-order valence-corrected chi connectivity index (χ0v) is 13.0. The number of hydrogen-bond donors (Lipinski definition) is 4. The van der Waals surface area contributed by atoms with Crippen LogP contribution in [-0.4, -0.2) is 22.8 Å². The molecule has 0 heterocycles. The molecule has 5 nitrogen and oxygen atoms in total. The van der Waals surface area contributed by atoms with Gasteiger partial charge in [-0.3, -0.25) is 0 Å². The Labute approximate surface area is 137 Å². The van der Waals surface area contributed by atoms with Gasteiger partial charge in [0.15, 0.2) is 11.6 Å². The lowest BCUT2D eigenvalue weighted by molar-refractivity contribution is 0.0593. The van der Waals surface area contributed by atoms with Gasteiger partial charge in [-0.25, -0.2) is 13.6 Å². The lowest BCUT2D eigenvalue weighted by Gasteiger charge is -2.24. The molecule has 2 rings (SSSR count). The van der Waals surface area contributed by atoms with E-state index in [-0.39, 0.29) is 13.1 Å². The lowest BCUT2D eigenvalue weighted by atomic mass is 9.96. The molecule has 4 N–H and O–H groups in total. The predicted molar refractivity (Wildman–Crippen MR) is 84.3 cm³/mol. The normalized spacial score (nSPS) is 13.2. The molecule has 128 valence electrons. The second-order valence-corrected chi connectivity index (χ2v) is 5.60. The molecule has 0 bridgehead atoms. The average Bonchev–Trinajstić information content (AvgIpc) is 2.54. The second kappa shape index (κ2) is 7.27. The number of rotatable bonds is 5. The quantitative estimate of drug-likeness (QED) is 0.677. The van der Waals surface area contributed by atoms with Crippen molar-refractivity contribution in [1.29, 1.82) is 0 Å². The molecule has 0 saturated heterocycles. The van der Waals surface area contributed by atoms with Crippen molar-refractivity contribution in [1.82, 2.24) is 10.6 Å². The topological polar surface area (TPSA) is 81.6 Å². The van der Waals surface area contributed by atoms with Crippen LogP contribution >= 0.6 is 0 Å². The van der Waals surface area contributed by atoms with E-state index in [0.29, 0.717) is 11.1 Å². The number of amides is 2. The smallest absolute Gasteiger partial charge is 0.315 e. The van der Waals surface area contributed by atoms with Crippen molar-refractivity contribution in [3.63, 3.8) is 0 Å². The number of carbonyl (C=O) groups excluding carboxylic acids is 1. The van der Waals surface area contributed by atoms with Crippen LogP contribution < -0.4 is 10.6 Å². The lowest BCUT2D eigenvalue weighted by Crippen LogP contribution is -2.43. The van der Waals surface area contributed by atoms with Gasteiger partial charge >= 0.3 is 6.03 Å². The maximum Gasteiger partial charge on any atom is 0.315 e. The SMILES string of the molecule is CC(O)(CNC(=O)NCc1ccc(O)c(F)c1)c1ccc(F)cc1. The summed E-state index contributed by atoms with van der Waals surface area (Å²) < 4.78 is 26.1. The van der Waals surface area contributed by atoms with Gasteiger partial charge in [0.2, 0.25) is 0 Å². The number of aliphatic hydroxyl groups is 1. The monoisotopic (exact) mass is 336 g/mol. The third kappa shape index (κ3) is 4.66. The van der Waals surface area contributed by atoms with Crippen LogP contribution in [-0.2, 0) is 12.1 Å². The molecule has 0 fully saturated rings. The molecule has 0 spiro atoms. The number of carbonyl (C=O) groups is 1. The fourth-order valence-electron chi connectivity index (χ4n) is 2.07. The Hall–Kier alpha value is -2.67. The Morgan fingerprint density at radius 2 is 1.79 bits per heavy atom. The van der Waals surface area contributed by atoms with Gasteiger partial charge in [0.1, 0.15) is 11.4 Å². The van der Waals surface area contributed by atoms with Crippen molar-refractivity contribution >= 4 is 6.03 Å². The largest absolute Gasteiger partial charge is 0.505 e. The maximum atomic E-state index is 13.2. The highest BCUT2D eigenvalue weighted by atomic mass is 19.1. The number of nitrogens with one attached hydrogen (secondary N) is 2. The molecule has 0 aliphatic rings. The van der Waals surface area contributed by atoms with E-state index < -0.39 is 29.0 Å². The molecular formula is C17H18F2N2O3. The van der Waals surface area contributed by atoms with Crippen LogP contribution in [0.2, 0.25) is 0 Å². The van der Waals surface area contributed by atoms with E-state index >= 15 is 0 Å². The highest BCUT2D eigenvalue weighted by Gasteiger charge is 2.23. The Kier molecular flexibility index (Phi) is 5.35. The standard InChI is InChI=1S/C17H18F2N2O3/c1-17(24,12-3-5-13(18)6-4-12)10-21-16(23)20-9-11-2-7-15(22)14(19)8-11/h2-8,22,24H,9-10H2,1H3,(H2,20,21,23). The number of phenolic OH excluding ortho intramolecular Hbond substituents is 1. The van der Waals surface area contributed by atoms with Gasteiger partial charge in [-0.05, 0) is 42.3 Å². The molecule has 2 aromatic rings. The van der Waals surface area contributed by atoms with Gasteiger partial charge in [0, 0.05) is 6.54 Å². The third-order valence-corrected chi connectivity index (χ3v) is 3.52. The number of hydrogen-bond acceptors (Lipinski definition) is 3. The van der Waals surface area contributed by atoms with Gasteiger partial charge in [0.05, 0.1) is 6.54 Å². The zero-order valence-electron chi connectivity index (χ0n) is 13.0. The minimum Gasteiger partial charge on any atom is -0.505 e. The minimum absolute atomic E-state index is 0.0573. The van der Waals surface area contributed by atoms with Crippen LogP contribution in [0.4, 0.5) is 13.6 Å². The first kappa shape index (κ1) is 17.7. The van der Waals surface area contributed by atoms with E-state index in [2.05, 4.69) is 10.6 Å². The highest BCUT2D eigenvalue weighted by molar-refractivity contribution is 5.73. The van der Waals surface area contributed by atoms with Crippen molar-refractivity contribution in [3.8, 4) is 5.75 Å². The first-order valence-electron chi connectivity index (χ1n) is 7.25. The first-order chi connectivity index (χ1) is 11.3. The molecule has 1 unspecified atom stereocenters. The molecule has 2 aromatic carbocycles. The molecule has 7 heteroatoms. The van der Waals surface area contributed by atoms with Crippen LogP contribution in [0.1, 0.15) is 18.1 Å². The summed E-state index contributed by atoms with van der Waals surface area (Å²) in [6.45, 7) is 1.46. The number of benzene rings is 2. The summed E-state index contributed by atoms with van der Waals surface area (Å²) in [6, 6.07) is 8.57. The molecule has 0 radical (unpaired) electrons. The van der Waals surface area contributed by atoms with E-state index in [4.69, 9.17) is 5.11 Å². The summed E-state index contributed by atoms with van der Waals surface area (Å²) in [5.41, 5.74) is -0.425. The molecular weight excluding hydrogens is 318 g/mol. The summed E-state index contributed by atoms with van der Waals surface area (Å²) >= 11 is 0. The van der Waals surface area contributed by atoms with Gasteiger partial charge in [-0.2, -0.15) is 0 Å². The number of halogens is 2. The van der Waals surface area contributed by atoms with Crippen LogP contribution in [0.15, 0.2) is 42.5 Å². The van der Waals surface area contributed by atoms with Crippen molar-refractivity contribution < 1.29 is 23.8 Å². The van der Waals surface area contributed by atoms with E-state index in [1.54, 1.807) is 0 Å². The van der Waals surface area contributed by atoms with Gasteiger partial charge in [-0.1, -0.05) is 18.2 Å². The Morgan fingerprint density at radius 1 is 1.12 bits per heavy atom. The van der Waals surface area contributed by atoms with Crippen molar-refractivity contribution in [2.45, 2.75) is 19.1 Å². The molecule has 0 aliphatic heterocycles. The van der Waals surface area contributed by atoms with Crippen molar-refractivity contribution in [3.05, 3.63) is 65.2 Å². The van der Waals surface area contributed by atoms with Crippen LogP contribution in [0.25, 0.3) is 0 Å². The van der Waals surface area contributed by atoms with E-state index in [1.165, 1.54) is 43.3 Å². The van der Waals surface area contributed by atoms with E-state index in [1.807, 2.05) is 0 Å². The van der Waals surface area contributed by atoms with Crippen LogP contribution in [0.5, 0.6) is 5.75 Å². The van der Waals surface area contributed by atoms with Crippen molar-refractivity contribution in [2.24, 2.45) is 0 Å². The van der Waals surface area contributed by atoms with E-state index in [9.17, 15) is 18.7 Å². The summed E-state index contributed by atoms with van der Waals surface area (Å²) in [6.07, 6.45) is 0. The molecule has 0 saturated carbocycles.